The maximum atomic E-state index is 11.1. The van der Waals surface area contributed by atoms with Crippen molar-refractivity contribution in [3.05, 3.63) is 292 Å². The third kappa shape index (κ3) is 25.4. The monoisotopic (exact) mass is 1650 g/mol. The Morgan fingerprint density at radius 1 is 0.375 bits per heavy atom. The Morgan fingerprint density at radius 3 is 1.28 bits per heavy atom. The second kappa shape index (κ2) is 40.3. The van der Waals surface area contributed by atoms with Crippen molar-refractivity contribution in [3.8, 4) is 0 Å². The van der Waals surface area contributed by atoms with Crippen LogP contribution in [0.2, 0.25) is 0 Å². The van der Waals surface area contributed by atoms with Gasteiger partial charge in [-0.3, -0.25) is 95.1 Å². The van der Waals surface area contributed by atoms with Gasteiger partial charge in [0.15, 0.2) is 5.82 Å². The fourth-order valence-corrected chi connectivity index (χ4v) is 10.1. The summed E-state index contributed by atoms with van der Waals surface area (Å²) in [6, 6.07) is 29.7. The van der Waals surface area contributed by atoms with Crippen LogP contribution in [0.25, 0.3) is 21.8 Å². The van der Waals surface area contributed by atoms with Crippen LogP contribution >= 0.6 is 0 Å². The number of rotatable bonds is 14. The van der Waals surface area contributed by atoms with E-state index in [1.807, 2.05) is 152 Å². The number of hydrogen-bond acceptors (Lipinski definition) is 33. The van der Waals surface area contributed by atoms with Gasteiger partial charge in [-0.25, -0.2) is 67.1 Å². The molecule has 0 atom stereocenters. The SMILES string of the molecule is C.C.C.C.CC1=Nc2cc(Nc3nc(=O)[nH]c(=O)[nH]3)ccc2C1.Cc1cc(Nc2nc(=O)[nH]c(=O)[nH]2)n[nH]1.O=c1nc(Nc2ccc3c(c2)N=CC3)[nH]c(=O)[nH]1.O=c1nc(Nc2ccc3cc[nH]c3c2)[nH]c(=O)[nH]1.O=c1nc(Nc2cccc3[nH]ccc23)[nH]c(=O)[nH]1.O=c1nc(Nc2ccn[nH]2)[nH]c(=O)[nH]1.O=c1nc(Nc2cn[nH]c2)[nH]c(=O)[nH]1. The second-order valence-electron chi connectivity index (χ2n) is 23.4. The molecule has 120 heavy (non-hydrogen) atoms. The van der Waals surface area contributed by atoms with Gasteiger partial charge in [0.25, 0.3) is 0 Å². The number of H-pyrrole nitrogens is 19. The van der Waals surface area contributed by atoms with E-state index in [1.54, 1.807) is 18.3 Å². The van der Waals surface area contributed by atoms with E-state index in [1.165, 1.54) is 12.4 Å². The molecule has 2 aliphatic rings. The van der Waals surface area contributed by atoms with E-state index in [-0.39, 0.29) is 71.3 Å². The highest BCUT2D eigenvalue weighted by Crippen LogP contribution is 2.31. The van der Waals surface area contributed by atoms with Crippen LogP contribution in [0.15, 0.2) is 205 Å². The van der Waals surface area contributed by atoms with Crippen molar-refractivity contribution in [2.24, 2.45) is 9.98 Å². The molecule has 14 heterocycles. The Balaban J connectivity index is 0.000000174. The molecule has 18 rings (SSSR count). The van der Waals surface area contributed by atoms with Crippen LogP contribution in [-0.2, 0) is 12.8 Å². The van der Waals surface area contributed by atoms with E-state index in [0.29, 0.717) is 28.7 Å². The Hall–Kier alpha value is -18.2. The lowest BCUT2D eigenvalue weighted by molar-refractivity contribution is 0.937. The Bertz CT molecular complexity index is 6860. The molecule has 620 valence electrons. The second-order valence-corrected chi connectivity index (χ2v) is 23.4. The van der Waals surface area contributed by atoms with Gasteiger partial charge in [-0.2, -0.15) is 50.2 Å². The minimum atomic E-state index is -0.714. The van der Waals surface area contributed by atoms with Crippen LogP contribution < -0.4 is 117 Å². The number of aromatic amines is 19. The molecule has 16 aromatic rings. The lowest BCUT2D eigenvalue weighted by Crippen LogP contribution is -2.25. The van der Waals surface area contributed by atoms with E-state index in [2.05, 4.69) is 158 Å². The molecule has 0 amide bonds. The number of nitrogens with one attached hydrogen (secondary N) is 26. The predicted molar refractivity (Wildman–Crippen MR) is 447 cm³/mol. The highest BCUT2D eigenvalue weighted by atomic mass is 16.2. The topological polar surface area (TPSA) is 777 Å². The smallest absolute Gasteiger partial charge is 0.352 e. The number of fused-ring (bicyclic) bond motifs is 4. The molecule has 0 spiro atoms. The molecule has 52 nitrogen and oxygen atoms in total. The van der Waals surface area contributed by atoms with Crippen LogP contribution in [0.3, 0.4) is 0 Å². The fourth-order valence-electron chi connectivity index (χ4n) is 10.1. The van der Waals surface area contributed by atoms with Crippen molar-refractivity contribution in [3.63, 3.8) is 0 Å². The largest absolute Gasteiger partial charge is 0.361 e. The molecular formula is C68H74N38O14. The van der Waals surface area contributed by atoms with Crippen molar-refractivity contribution in [1.29, 1.82) is 0 Å². The molecule has 0 saturated heterocycles. The van der Waals surface area contributed by atoms with Crippen LogP contribution in [0.1, 0.15) is 53.5 Å². The highest BCUT2D eigenvalue weighted by Gasteiger charge is 2.14. The molecule has 0 fully saturated rings. The predicted octanol–water partition coefficient (Wildman–Crippen LogP) is 2.30. The van der Waals surface area contributed by atoms with Gasteiger partial charge in [-0.15, -0.1) is 0 Å². The number of hydrogen-bond donors (Lipinski definition) is 26. The lowest BCUT2D eigenvalue weighted by Gasteiger charge is -2.05. The van der Waals surface area contributed by atoms with Gasteiger partial charge in [0.05, 0.1) is 35.1 Å². The van der Waals surface area contributed by atoms with E-state index in [9.17, 15) is 67.1 Å². The summed E-state index contributed by atoms with van der Waals surface area (Å²) in [7, 11) is 0. The maximum absolute atomic E-state index is 11.1. The average Bonchev–Trinajstić information content (AvgIpc) is 1.73. The summed E-state index contributed by atoms with van der Waals surface area (Å²) >= 11 is 0. The van der Waals surface area contributed by atoms with Crippen molar-refractivity contribution >= 4 is 127 Å². The third-order valence-electron chi connectivity index (χ3n) is 14.8. The number of nitrogens with zero attached hydrogens (tertiary/aromatic N) is 12. The first-order valence-corrected chi connectivity index (χ1v) is 33.1. The van der Waals surface area contributed by atoms with Crippen molar-refractivity contribution < 1.29 is 0 Å². The average molecular weight is 1650 g/mol. The van der Waals surface area contributed by atoms with Gasteiger partial charge in [0, 0.05) is 94.7 Å². The summed E-state index contributed by atoms with van der Waals surface area (Å²) in [5.41, 5.74) is 2.24. The van der Waals surface area contributed by atoms with Gasteiger partial charge in [-0.05, 0) is 91.0 Å². The van der Waals surface area contributed by atoms with Gasteiger partial charge in [0.1, 0.15) is 5.82 Å². The van der Waals surface area contributed by atoms with Crippen molar-refractivity contribution in [2.75, 3.05) is 37.2 Å². The minimum absolute atomic E-state index is 0. The Labute approximate surface area is 664 Å². The first kappa shape index (κ1) is 87.4. The van der Waals surface area contributed by atoms with Crippen molar-refractivity contribution in [1.82, 2.24) is 145 Å². The molecule has 52 heteroatoms. The first-order chi connectivity index (χ1) is 55.8. The van der Waals surface area contributed by atoms with Gasteiger partial charge in [0.2, 0.25) is 41.6 Å². The van der Waals surface area contributed by atoms with Crippen LogP contribution in [-0.4, -0.2) is 157 Å². The molecule has 12 aromatic heterocycles. The molecule has 26 N–H and O–H groups in total. The molecule has 0 saturated carbocycles. The Morgan fingerprint density at radius 2 is 0.817 bits per heavy atom. The molecule has 0 unspecified atom stereocenters. The zero-order chi connectivity index (χ0) is 81.8. The molecule has 4 aromatic carbocycles. The summed E-state index contributed by atoms with van der Waals surface area (Å²) in [6.07, 6.45) is 11.7. The molecule has 2 aliphatic heterocycles. The van der Waals surface area contributed by atoms with Crippen LogP contribution in [0.4, 0.5) is 93.1 Å². The summed E-state index contributed by atoms with van der Waals surface area (Å²) < 4.78 is 0. The summed E-state index contributed by atoms with van der Waals surface area (Å²) in [5.74, 6) is 1.60. The number of anilines is 14. The minimum Gasteiger partial charge on any atom is -0.361 e. The zero-order valence-corrected chi connectivity index (χ0v) is 59.2. The molecule has 0 radical (unpaired) electrons. The quantitative estimate of drug-likeness (QED) is 0.0742. The molecular weight excluding hydrogens is 1570 g/mol. The third-order valence-corrected chi connectivity index (χ3v) is 14.8. The van der Waals surface area contributed by atoms with Crippen molar-refractivity contribution in [2.45, 2.75) is 56.4 Å². The van der Waals surface area contributed by atoms with E-state index < -0.39 is 79.7 Å². The molecule has 0 aliphatic carbocycles. The van der Waals surface area contributed by atoms with E-state index in [4.69, 9.17) is 0 Å². The van der Waals surface area contributed by atoms with Crippen LogP contribution in [0, 0.1) is 6.92 Å². The normalized spacial score (nSPS) is 10.7. The van der Waals surface area contributed by atoms with Gasteiger partial charge in [-0.1, -0.05) is 54.0 Å². The highest BCUT2D eigenvalue weighted by molar-refractivity contribution is 5.94. The molecule has 0 bridgehead atoms. The van der Waals surface area contributed by atoms with Gasteiger partial charge >= 0.3 is 79.7 Å². The summed E-state index contributed by atoms with van der Waals surface area (Å²) in [6.45, 7) is 3.80. The van der Waals surface area contributed by atoms with E-state index >= 15 is 0 Å². The standard InChI is InChI=1S/C12H11N5O2.3C11H9N5O2.C7H8N6O2.2C6H6N6O2.4CH4/c1-6-4-7-2-3-8(5-9(7)13-6)14-10-15-11(18)17-12(19)16-10;2*17-10-14-9(15-11(18)16-10)13-7-2-1-6-3-4-12-8(6)5-7;17-10-14-9(15-11(18)16-10)13-8-3-1-2-7-6(8)4-5-12-7;1-3-2-4(13-12-3)8-5-9-6(14)11-7(15)10-5;13-5-10-4(11-6(14)12-5)9-3-1-7-8-2-3;13-5-9-4(10-6(14)11-5)8-3-1-2-7-12-3;;;;/h2-3,5H,4H2,1H3,(H3,14,15,16,17,18,19);1-2,4-5H,3H2,(H3,13,14,15,16,17,18);2*1-5,12H,(H3,13,14,15,16,17,18);2H,1H3,(H4,8,9,10,11,12,13,14,15);1-2H,(H,7,8)(H3,9,10,11,12,13,14);1-2H,(H4,7,8,9,10,11,12,13,14);4*1H4. The number of aromatic nitrogens is 29. The number of benzene rings is 4. The zero-order valence-electron chi connectivity index (χ0n) is 59.2. The Kier molecular flexibility index (Phi) is 29.4. The van der Waals surface area contributed by atoms with Gasteiger partial charge < -0.3 is 47.2 Å². The lowest BCUT2D eigenvalue weighted by atomic mass is 10.1. The number of aliphatic imine (C=N–C) groups is 2. The summed E-state index contributed by atoms with van der Waals surface area (Å²) in [5, 5.41) is 40.6. The fraction of sp³-hybridized carbons (Fsp3) is 0.118. The number of aryl methyl sites for hydroxylation is 1. The van der Waals surface area contributed by atoms with Crippen LogP contribution in [0.5, 0.6) is 0 Å². The maximum Gasteiger partial charge on any atom is 0.352 e. The first-order valence-electron chi connectivity index (χ1n) is 33.1. The summed E-state index contributed by atoms with van der Waals surface area (Å²) in [4.78, 5) is 224. The van der Waals surface area contributed by atoms with E-state index in [0.717, 1.165) is 79.9 Å².